The highest BCUT2D eigenvalue weighted by atomic mass is 35.5. The Balaban J connectivity index is 2.77. The zero-order valence-corrected chi connectivity index (χ0v) is 11.5. The van der Waals surface area contributed by atoms with E-state index >= 15 is 0 Å². The molecular formula is C13H16ClNO4. The van der Waals surface area contributed by atoms with Crippen LogP contribution in [0.25, 0.3) is 0 Å². The molecule has 0 saturated carbocycles. The fourth-order valence-corrected chi connectivity index (χ4v) is 1.67. The second-order valence-corrected chi connectivity index (χ2v) is 4.63. The van der Waals surface area contributed by atoms with Crippen LogP contribution in [0, 0.1) is 0 Å². The van der Waals surface area contributed by atoms with Gasteiger partial charge >= 0.3 is 5.97 Å². The van der Waals surface area contributed by atoms with Gasteiger partial charge in [0.05, 0.1) is 6.10 Å². The van der Waals surface area contributed by atoms with E-state index in [-0.39, 0.29) is 12.7 Å². The molecule has 0 aromatic heterocycles. The van der Waals surface area contributed by atoms with Crippen molar-refractivity contribution in [3.63, 3.8) is 0 Å². The zero-order valence-electron chi connectivity index (χ0n) is 10.7. The normalized spacial score (nSPS) is 12.2. The number of aliphatic carboxylic acids is 1. The average molecular weight is 286 g/mol. The van der Waals surface area contributed by atoms with Gasteiger partial charge in [0.2, 0.25) is 5.91 Å². The maximum atomic E-state index is 11.6. The first-order valence-electron chi connectivity index (χ1n) is 5.80. The molecule has 0 spiro atoms. The number of nitrogens with one attached hydrogen (secondary N) is 1. The molecule has 1 atom stereocenters. The van der Waals surface area contributed by atoms with E-state index in [1.54, 1.807) is 38.1 Å². The topological polar surface area (TPSA) is 75.6 Å². The monoisotopic (exact) mass is 285 g/mol. The molecular weight excluding hydrogens is 270 g/mol. The SMILES string of the molecule is CC(C)OCC(=O)N[C@@H](C(=O)O)c1ccccc1Cl. The number of carboxylic acid groups (broad SMARTS) is 1. The van der Waals surface area contributed by atoms with E-state index in [0.29, 0.717) is 10.6 Å². The minimum absolute atomic E-state index is 0.102. The third kappa shape index (κ3) is 4.89. The summed E-state index contributed by atoms with van der Waals surface area (Å²) in [5.41, 5.74) is 0.342. The molecule has 6 heteroatoms. The highest BCUT2D eigenvalue weighted by molar-refractivity contribution is 6.31. The van der Waals surface area contributed by atoms with Crippen LogP contribution in [0.4, 0.5) is 0 Å². The van der Waals surface area contributed by atoms with E-state index in [1.165, 1.54) is 0 Å². The van der Waals surface area contributed by atoms with E-state index < -0.39 is 17.9 Å². The van der Waals surface area contributed by atoms with Crippen LogP contribution in [0.15, 0.2) is 24.3 Å². The Labute approximate surface area is 116 Å². The van der Waals surface area contributed by atoms with Gasteiger partial charge in [-0.05, 0) is 19.9 Å². The Kier molecular flexibility index (Phi) is 5.79. The summed E-state index contributed by atoms with van der Waals surface area (Å²) in [6, 6.07) is 5.30. The highest BCUT2D eigenvalue weighted by Crippen LogP contribution is 2.22. The van der Waals surface area contributed by atoms with Gasteiger partial charge in [-0.2, -0.15) is 0 Å². The van der Waals surface area contributed by atoms with Crippen LogP contribution in [-0.2, 0) is 14.3 Å². The van der Waals surface area contributed by atoms with Crippen LogP contribution in [0.3, 0.4) is 0 Å². The van der Waals surface area contributed by atoms with Crippen molar-refractivity contribution >= 4 is 23.5 Å². The van der Waals surface area contributed by atoms with Gasteiger partial charge in [0.15, 0.2) is 6.04 Å². The number of hydrogen-bond acceptors (Lipinski definition) is 3. The molecule has 2 N–H and O–H groups in total. The first-order valence-corrected chi connectivity index (χ1v) is 6.17. The Hall–Kier alpha value is -1.59. The van der Waals surface area contributed by atoms with Crippen molar-refractivity contribution in [1.29, 1.82) is 0 Å². The summed E-state index contributed by atoms with van der Waals surface area (Å²) in [5.74, 6) is -1.67. The van der Waals surface area contributed by atoms with Crippen LogP contribution >= 0.6 is 11.6 Å². The maximum absolute atomic E-state index is 11.6. The Bertz CT molecular complexity index is 462. The lowest BCUT2D eigenvalue weighted by molar-refractivity contribution is -0.143. The molecule has 0 heterocycles. The number of amides is 1. The van der Waals surface area contributed by atoms with Crippen molar-refractivity contribution < 1.29 is 19.4 Å². The van der Waals surface area contributed by atoms with Crippen molar-refractivity contribution in [2.24, 2.45) is 0 Å². The molecule has 0 saturated heterocycles. The number of halogens is 1. The third-order valence-corrected chi connectivity index (χ3v) is 2.66. The molecule has 0 aliphatic carbocycles. The smallest absolute Gasteiger partial charge is 0.330 e. The lowest BCUT2D eigenvalue weighted by Crippen LogP contribution is -2.36. The van der Waals surface area contributed by atoms with Crippen molar-refractivity contribution in [2.45, 2.75) is 26.0 Å². The lowest BCUT2D eigenvalue weighted by atomic mass is 10.1. The number of carbonyl (C=O) groups excluding carboxylic acids is 1. The van der Waals surface area contributed by atoms with Crippen molar-refractivity contribution in [3.8, 4) is 0 Å². The van der Waals surface area contributed by atoms with E-state index in [4.69, 9.17) is 21.4 Å². The molecule has 0 unspecified atom stereocenters. The molecule has 1 aromatic rings. The maximum Gasteiger partial charge on any atom is 0.330 e. The molecule has 104 valence electrons. The van der Waals surface area contributed by atoms with Crippen molar-refractivity contribution in [1.82, 2.24) is 5.32 Å². The molecule has 0 aliphatic rings. The van der Waals surface area contributed by atoms with E-state index in [0.717, 1.165) is 0 Å². The highest BCUT2D eigenvalue weighted by Gasteiger charge is 2.24. The van der Waals surface area contributed by atoms with Gasteiger partial charge in [-0.25, -0.2) is 4.79 Å². The van der Waals surface area contributed by atoms with E-state index in [1.807, 2.05) is 0 Å². The van der Waals surface area contributed by atoms with E-state index in [9.17, 15) is 9.59 Å². The third-order valence-electron chi connectivity index (χ3n) is 2.32. The van der Waals surface area contributed by atoms with Gasteiger partial charge in [0.25, 0.3) is 0 Å². The number of hydrogen-bond donors (Lipinski definition) is 2. The summed E-state index contributed by atoms with van der Waals surface area (Å²) in [6.07, 6.45) is -0.102. The van der Waals surface area contributed by atoms with Gasteiger partial charge in [-0.1, -0.05) is 29.8 Å². The average Bonchev–Trinajstić information content (AvgIpc) is 2.34. The molecule has 0 bridgehead atoms. The molecule has 5 nitrogen and oxygen atoms in total. The Morgan fingerprint density at radius 2 is 2.00 bits per heavy atom. The zero-order chi connectivity index (χ0) is 14.4. The fraction of sp³-hybridized carbons (Fsp3) is 0.385. The fourth-order valence-electron chi connectivity index (χ4n) is 1.43. The van der Waals surface area contributed by atoms with Crippen molar-refractivity contribution in [2.75, 3.05) is 6.61 Å². The minimum atomic E-state index is -1.18. The van der Waals surface area contributed by atoms with Gasteiger partial charge in [-0.3, -0.25) is 4.79 Å². The largest absolute Gasteiger partial charge is 0.479 e. The summed E-state index contributed by atoms with van der Waals surface area (Å²) < 4.78 is 5.11. The summed E-state index contributed by atoms with van der Waals surface area (Å²) >= 11 is 5.93. The molecule has 0 fully saturated rings. The second-order valence-electron chi connectivity index (χ2n) is 4.22. The first kappa shape index (κ1) is 15.5. The standard InChI is InChI=1S/C13H16ClNO4/c1-8(2)19-7-11(16)15-12(13(17)18)9-5-3-4-6-10(9)14/h3-6,8,12H,7H2,1-2H3,(H,15,16)(H,17,18)/t12-/m1/s1. The lowest BCUT2D eigenvalue weighted by Gasteiger charge is -2.16. The van der Waals surface area contributed by atoms with Crippen LogP contribution in [0.2, 0.25) is 5.02 Å². The van der Waals surface area contributed by atoms with E-state index in [2.05, 4.69) is 5.32 Å². The van der Waals surface area contributed by atoms with Gasteiger partial charge < -0.3 is 15.2 Å². The molecule has 1 amide bonds. The number of carbonyl (C=O) groups is 2. The van der Waals surface area contributed by atoms with Gasteiger partial charge in [0.1, 0.15) is 6.61 Å². The van der Waals surface area contributed by atoms with Crippen LogP contribution in [0.5, 0.6) is 0 Å². The van der Waals surface area contributed by atoms with Gasteiger partial charge in [0, 0.05) is 10.6 Å². The second kappa shape index (κ2) is 7.11. The number of carboxylic acids is 1. The molecule has 0 radical (unpaired) electrons. The predicted molar refractivity (Wildman–Crippen MR) is 71.1 cm³/mol. The first-order chi connectivity index (χ1) is 8.91. The number of benzene rings is 1. The van der Waals surface area contributed by atoms with Crippen LogP contribution in [0.1, 0.15) is 25.5 Å². The number of rotatable bonds is 6. The Morgan fingerprint density at radius 3 is 2.53 bits per heavy atom. The predicted octanol–water partition coefficient (Wildman–Crippen LogP) is 2.01. The van der Waals surface area contributed by atoms with Gasteiger partial charge in [-0.15, -0.1) is 0 Å². The molecule has 1 rings (SSSR count). The van der Waals surface area contributed by atoms with Crippen LogP contribution in [-0.4, -0.2) is 29.7 Å². The molecule has 0 aliphatic heterocycles. The van der Waals surface area contributed by atoms with Crippen LogP contribution < -0.4 is 5.32 Å². The molecule has 19 heavy (non-hydrogen) atoms. The summed E-state index contributed by atoms with van der Waals surface area (Å²) in [7, 11) is 0. The van der Waals surface area contributed by atoms with Crippen molar-refractivity contribution in [3.05, 3.63) is 34.9 Å². The minimum Gasteiger partial charge on any atom is -0.479 e. The quantitative estimate of drug-likeness (QED) is 0.838. The molecule has 1 aromatic carbocycles. The number of ether oxygens (including phenoxy) is 1. The summed E-state index contributed by atoms with van der Waals surface area (Å²) in [4.78, 5) is 22.8. The summed E-state index contributed by atoms with van der Waals surface area (Å²) in [5, 5.41) is 11.8. The Morgan fingerprint density at radius 1 is 1.37 bits per heavy atom. The summed E-state index contributed by atoms with van der Waals surface area (Å²) in [6.45, 7) is 3.39.